The van der Waals surface area contributed by atoms with E-state index in [4.69, 9.17) is 21.1 Å². The highest BCUT2D eigenvalue weighted by Gasteiger charge is 2.23. The van der Waals surface area contributed by atoms with Gasteiger partial charge in [-0.1, -0.05) is 22.9 Å². The number of nitrogens with one attached hydrogen (secondary N) is 1. The zero-order valence-corrected chi connectivity index (χ0v) is 18.1. The Morgan fingerprint density at radius 1 is 1.23 bits per heavy atom. The van der Waals surface area contributed by atoms with Gasteiger partial charge in [0, 0.05) is 29.6 Å². The van der Waals surface area contributed by atoms with E-state index >= 15 is 0 Å². The summed E-state index contributed by atoms with van der Waals surface area (Å²) in [5, 5.41) is 12.6. The summed E-state index contributed by atoms with van der Waals surface area (Å²) in [6, 6.07) is 3.47. The molecule has 1 amide bonds. The average Bonchev–Trinajstić information content (AvgIpc) is 3.22. The van der Waals surface area contributed by atoms with Crippen LogP contribution >= 0.6 is 22.9 Å². The summed E-state index contributed by atoms with van der Waals surface area (Å²) in [6.07, 6.45) is 6.07. The molecule has 1 N–H and O–H groups in total. The fourth-order valence-corrected chi connectivity index (χ4v) is 4.25. The molecule has 0 aromatic carbocycles. The van der Waals surface area contributed by atoms with Crippen molar-refractivity contribution in [3.05, 3.63) is 45.9 Å². The first-order valence-corrected chi connectivity index (χ1v) is 10.7. The number of aromatic nitrogens is 4. The Bertz CT molecular complexity index is 1070. The van der Waals surface area contributed by atoms with E-state index in [1.54, 1.807) is 6.07 Å². The second-order valence-corrected chi connectivity index (χ2v) is 8.23. The molecule has 10 heteroatoms. The summed E-state index contributed by atoms with van der Waals surface area (Å²) in [7, 11) is 1.54. The monoisotopic (exact) mass is 445 g/mol. The summed E-state index contributed by atoms with van der Waals surface area (Å²) in [4.78, 5) is 21.4. The third-order valence-corrected chi connectivity index (χ3v) is 5.88. The Hall–Kier alpha value is -2.62. The normalized spacial score (nSPS) is 16.3. The lowest BCUT2D eigenvalue weighted by atomic mass is 10.0. The molecule has 3 aromatic rings. The highest BCUT2D eigenvalue weighted by molar-refractivity contribution is 7.15. The van der Waals surface area contributed by atoms with E-state index < -0.39 is 0 Å². The van der Waals surface area contributed by atoms with E-state index in [2.05, 4.69) is 25.5 Å². The first-order chi connectivity index (χ1) is 14.5. The summed E-state index contributed by atoms with van der Waals surface area (Å²) < 4.78 is 11.2. The molecular weight excluding hydrogens is 426 g/mol. The highest BCUT2D eigenvalue weighted by Crippen LogP contribution is 2.35. The zero-order valence-electron chi connectivity index (χ0n) is 16.5. The molecule has 1 fully saturated rings. The predicted octanol–water partition coefficient (Wildman–Crippen LogP) is 4.46. The van der Waals surface area contributed by atoms with E-state index in [9.17, 15) is 4.79 Å². The first-order valence-electron chi connectivity index (χ1n) is 9.48. The van der Waals surface area contributed by atoms with Crippen molar-refractivity contribution in [3.63, 3.8) is 0 Å². The number of rotatable bonds is 5. The van der Waals surface area contributed by atoms with Crippen LogP contribution in [0.25, 0.3) is 11.1 Å². The second kappa shape index (κ2) is 9.03. The van der Waals surface area contributed by atoms with Gasteiger partial charge in [0.05, 0.1) is 18.9 Å². The first kappa shape index (κ1) is 20.6. The van der Waals surface area contributed by atoms with Crippen LogP contribution in [0.15, 0.2) is 24.5 Å². The van der Waals surface area contributed by atoms with E-state index in [0.717, 1.165) is 36.6 Å². The van der Waals surface area contributed by atoms with Gasteiger partial charge in [0.2, 0.25) is 5.13 Å². The Balaban J connectivity index is 1.63. The van der Waals surface area contributed by atoms with Crippen LogP contribution in [0.2, 0.25) is 5.15 Å². The molecule has 3 aromatic heterocycles. The van der Waals surface area contributed by atoms with Crippen molar-refractivity contribution in [2.24, 2.45) is 0 Å². The lowest BCUT2D eigenvalue weighted by Crippen LogP contribution is -2.14. The smallest absolute Gasteiger partial charge is 0.259 e. The fourth-order valence-electron chi connectivity index (χ4n) is 3.27. The molecule has 0 bridgehead atoms. The van der Waals surface area contributed by atoms with Gasteiger partial charge < -0.3 is 9.47 Å². The molecule has 0 spiro atoms. The van der Waals surface area contributed by atoms with Gasteiger partial charge in [-0.15, -0.1) is 10.2 Å². The molecule has 30 heavy (non-hydrogen) atoms. The van der Waals surface area contributed by atoms with Crippen molar-refractivity contribution in [1.29, 1.82) is 0 Å². The number of anilines is 1. The minimum atomic E-state index is -0.347. The van der Waals surface area contributed by atoms with Gasteiger partial charge in [0.15, 0.2) is 0 Å². The van der Waals surface area contributed by atoms with Crippen LogP contribution < -0.4 is 10.1 Å². The molecule has 0 saturated carbocycles. The van der Waals surface area contributed by atoms with Gasteiger partial charge >= 0.3 is 0 Å². The third kappa shape index (κ3) is 4.43. The van der Waals surface area contributed by atoms with Crippen LogP contribution in [-0.4, -0.2) is 39.8 Å². The van der Waals surface area contributed by atoms with Gasteiger partial charge in [0.1, 0.15) is 22.0 Å². The van der Waals surface area contributed by atoms with E-state index in [-0.39, 0.29) is 12.0 Å². The standard InChI is InChI=1S/C20H20ClN5O3S/c1-11-7-12(13-8-17(21)23-10-16(13)28-2)14(9-22-11)18(27)24-20-26-25-19(30-20)15-5-3-4-6-29-15/h7-10,15H,3-6H2,1-2H3,(H,24,26,27). The topological polar surface area (TPSA) is 99.1 Å². The van der Waals surface area contributed by atoms with Crippen molar-refractivity contribution in [2.75, 3.05) is 19.0 Å². The van der Waals surface area contributed by atoms with E-state index in [1.807, 2.05) is 13.0 Å². The molecule has 156 valence electrons. The second-order valence-electron chi connectivity index (χ2n) is 6.83. The van der Waals surface area contributed by atoms with Crippen LogP contribution in [-0.2, 0) is 4.74 Å². The van der Waals surface area contributed by atoms with Crippen LogP contribution in [0.1, 0.15) is 46.4 Å². The number of nitrogens with zero attached hydrogens (tertiary/aromatic N) is 4. The van der Waals surface area contributed by atoms with Crippen LogP contribution in [0.4, 0.5) is 5.13 Å². The quantitative estimate of drug-likeness (QED) is 0.578. The number of aryl methyl sites for hydroxylation is 1. The van der Waals surface area contributed by atoms with Gasteiger partial charge in [0.25, 0.3) is 5.91 Å². The number of ether oxygens (including phenoxy) is 2. The summed E-state index contributed by atoms with van der Waals surface area (Å²) in [6.45, 7) is 2.57. The molecule has 8 nitrogen and oxygen atoms in total. The van der Waals surface area contributed by atoms with Gasteiger partial charge in [-0.25, -0.2) is 4.98 Å². The lowest BCUT2D eigenvalue weighted by Gasteiger charge is -2.19. The molecule has 1 aliphatic rings. The molecule has 4 heterocycles. The molecule has 1 saturated heterocycles. The predicted molar refractivity (Wildman–Crippen MR) is 114 cm³/mol. The zero-order chi connectivity index (χ0) is 21.1. The van der Waals surface area contributed by atoms with Gasteiger partial charge in [-0.3, -0.25) is 15.1 Å². The third-order valence-electron chi connectivity index (χ3n) is 4.75. The molecule has 0 radical (unpaired) electrons. The molecule has 1 atom stereocenters. The average molecular weight is 446 g/mol. The van der Waals surface area contributed by atoms with Crippen LogP contribution in [0, 0.1) is 6.92 Å². The van der Waals surface area contributed by atoms with Gasteiger partial charge in [-0.05, 0) is 38.3 Å². The SMILES string of the molecule is COc1cnc(Cl)cc1-c1cc(C)ncc1C(=O)Nc1nnc(C2CCCCO2)s1. The Morgan fingerprint density at radius 2 is 2.10 bits per heavy atom. The van der Waals surface area contributed by atoms with Crippen molar-refractivity contribution < 1.29 is 14.3 Å². The molecule has 1 unspecified atom stereocenters. The Labute approximate surface area is 182 Å². The maximum Gasteiger partial charge on any atom is 0.259 e. The number of methoxy groups -OCH3 is 1. The van der Waals surface area contributed by atoms with Crippen molar-refractivity contribution in [2.45, 2.75) is 32.3 Å². The number of amides is 1. The molecule has 0 aliphatic carbocycles. The Morgan fingerprint density at radius 3 is 2.87 bits per heavy atom. The summed E-state index contributed by atoms with van der Waals surface area (Å²) >= 11 is 7.41. The van der Waals surface area contributed by atoms with E-state index in [1.165, 1.54) is 30.8 Å². The fraction of sp³-hybridized carbons (Fsp3) is 0.350. The Kier molecular flexibility index (Phi) is 6.21. The summed E-state index contributed by atoms with van der Waals surface area (Å²) in [5.74, 6) is 0.159. The number of carbonyl (C=O) groups is 1. The molecular formula is C20H20ClN5O3S. The summed E-state index contributed by atoms with van der Waals surface area (Å²) in [5.41, 5.74) is 2.42. The maximum absolute atomic E-state index is 13.1. The molecule has 4 rings (SSSR count). The number of halogens is 1. The lowest BCUT2D eigenvalue weighted by molar-refractivity contribution is 0.0144. The van der Waals surface area contributed by atoms with Crippen molar-refractivity contribution >= 4 is 34.0 Å². The number of hydrogen-bond donors (Lipinski definition) is 1. The number of carbonyl (C=O) groups excluding carboxylic acids is 1. The van der Waals surface area contributed by atoms with Gasteiger partial charge in [-0.2, -0.15) is 0 Å². The van der Waals surface area contributed by atoms with Crippen LogP contribution in [0.5, 0.6) is 5.75 Å². The van der Waals surface area contributed by atoms with Crippen LogP contribution in [0.3, 0.4) is 0 Å². The number of hydrogen-bond acceptors (Lipinski definition) is 8. The molecule has 1 aliphatic heterocycles. The van der Waals surface area contributed by atoms with Crippen molar-refractivity contribution in [3.8, 4) is 16.9 Å². The van der Waals surface area contributed by atoms with Crippen molar-refractivity contribution in [1.82, 2.24) is 20.2 Å². The minimum absolute atomic E-state index is 0.0540. The van der Waals surface area contributed by atoms with E-state index in [0.29, 0.717) is 32.7 Å². The minimum Gasteiger partial charge on any atom is -0.494 e. The highest BCUT2D eigenvalue weighted by atomic mass is 35.5. The largest absolute Gasteiger partial charge is 0.494 e. The number of pyridine rings is 2. The maximum atomic E-state index is 13.1.